The van der Waals surface area contributed by atoms with Crippen molar-refractivity contribution in [3.63, 3.8) is 0 Å². The smallest absolute Gasteiger partial charge is 0.138 e. The molecule has 1 aromatic heterocycles. The van der Waals surface area contributed by atoms with E-state index in [2.05, 4.69) is 50.5 Å². The van der Waals surface area contributed by atoms with Crippen LogP contribution >= 0.6 is 15.9 Å². The third-order valence-corrected chi connectivity index (χ3v) is 4.06. The molecule has 1 aromatic carbocycles. The monoisotopic (exact) mass is 323 g/mol. The van der Waals surface area contributed by atoms with E-state index in [1.807, 2.05) is 17.7 Å². The number of nitrogens with one attached hydrogen (secondary N) is 1. The zero-order valence-corrected chi connectivity index (χ0v) is 12.7. The minimum absolute atomic E-state index is 0.0290. The second kappa shape index (κ2) is 6.27. The highest BCUT2D eigenvalue weighted by atomic mass is 79.9. The van der Waals surface area contributed by atoms with Gasteiger partial charge in [-0.25, -0.2) is 4.98 Å². The number of hydrogen-bond acceptors (Lipinski definition) is 4. The lowest BCUT2D eigenvalue weighted by Crippen LogP contribution is -2.30. The summed E-state index contributed by atoms with van der Waals surface area (Å²) in [5.41, 5.74) is 5.19. The molecule has 0 aliphatic carbocycles. The van der Waals surface area contributed by atoms with E-state index in [0.29, 0.717) is 6.42 Å². The molecule has 3 N–H and O–H groups in total. The molecule has 0 aliphatic heterocycles. The van der Waals surface area contributed by atoms with Crippen LogP contribution in [-0.2, 0) is 13.0 Å². The fourth-order valence-corrected chi connectivity index (χ4v) is 2.30. The summed E-state index contributed by atoms with van der Waals surface area (Å²) in [4.78, 5) is 4.29. The molecule has 2 rings (SSSR count). The van der Waals surface area contributed by atoms with Gasteiger partial charge in [-0.1, -0.05) is 28.1 Å². The van der Waals surface area contributed by atoms with Gasteiger partial charge in [0, 0.05) is 17.4 Å². The van der Waals surface area contributed by atoms with Crippen molar-refractivity contribution in [2.75, 3.05) is 0 Å². The molecule has 0 bridgehead atoms. The van der Waals surface area contributed by atoms with Crippen LogP contribution in [0.25, 0.3) is 0 Å². The van der Waals surface area contributed by atoms with E-state index in [1.165, 1.54) is 5.56 Å². The van der Waals surface area contributed by atoms with E-state index in [9.17, 15) is 0 Å². The number of aryl methyl sites for hydroxylation is 2. The second-order valence-electron chi connectivity index (χ2n) is 4.42. The Hall–Kier alpha value is -1.24. The quantitative estimate of drug-likeness (QED) is 0.653. The molecule has 19 heavy (non-hydrogen) atoms. The molecule has 5 nitrogen and oxygen atoms in total. The molecular weight excluding hydrogens is 306 g/mol. The van der Waals surface area contributed by atoms with Crippen molar-refractivity contribution >= 4 is 15.9 Å². The van der Waals surface area contributed by atoms with Crippen molar-refractivity contribution in [2.24, 2.45) is 5.84 Å². The minimum Gasteiger partial charge on any atom is -0.271 e. The van der Waals surface area contributed by atoms with Gasteiger partial charge >= 0.3 is 0 Å². The lowest BCUT2D eigenvalue weighted by Gasteiger charge is -2.17. The van der Waals surface area contributed by atoms with Crippen LogP contribution in [0.4, 0.5) is 0 Å². The number of hydrazine groups is 1. The van der Waals surface area contributed by atoms with Gasteiger partial charge in [-0.2, -0.15) is 5.10 Å². The number of nitrogens with zero attached hydrogens (tertiary/aromatic N) is 3. The van der Waals surface area contributed by atoms with Crippen LogP contribution in [0.15, 0.2) is 29.0 Å². The standard InChI is InChI=1S/C13H18BrN5/c1-3-19-13(16-8-17-19)7-12(18-15)10-4-5-11(14)9(2)6-10/h4-6,8,12,18H,3,7,15H2,1-2H3. The number of rotatable bonds is 5. The van der Waals surface area contributed by atoms with Crippen molar-refractivity contribution in [3.8, 4) is 0 Å². The Morgan fingerprint density at radius 3 is 2.89 bits per heavy atom. The lowest BCUT2D eigenvalue weighted by atomic mass is 10.0. The highest BCUT2D eigenvalue weighted by Gasteiger charge is 2.15. The average Bonchev–Trinajstić information content (AvgIpc) is 2.86. The highest BCUT2D eigenvalue weighted by Crippen LogP contribution is 2.22. The van der Waals surface area contributed by atoms with Crippen LogP contribution in [0.1, 0.15) is 29.9 Å². The van der Waals surface area contributed by atoms with Gasteiger partial charge in [0.1, 0.15) is 12.2 Å². The summed E-state index contributed by atoms with van der Waals surface area (Å²) in [5, 5.41) is 4.18. The summed E-state index contributed by atoms with van der Waals surface area (Å²) in [5.74, 6) is 6.62. The van der Waals surface area contributed by atoms with E-state index in [-0.39, 0.29) is 6.04 Å². The molecule has 1 atom stereocenters. The highest BCUT2D eigenvalue weighted by molar-refractivity contribution is 9.10. The molecule has 0 radical (unpaired) electrons. The zero-order valence-electron chi connectivity index (χ0n) is 11.1. The normalized spacial score (nSPS) is 12.6. The Bertz CT molecular complexity index is 552. The van der Waals surface area contributed by atoms with E-state index in [1.54, 1.807) is 6.33 Å². The van der Waals surface area contributed by atoms with Crippen LogP contribution in [0.5, 0.6) is 0 Å². The van der Waals surface area contributed by atoms with Crippen LogP contribution in [0.2, 0.25) is 0 Å². The molecule has 0 saturated carbocycles. The first-order valence-corrected chi connectivity index (χ1v) is 7.03. The average molecular weight is 324 g/mol. The van der Waals surface area contributed by atoms with Crippen molar-refractivity contribution < 1.29 is 0 Å². The molecule has 0 spiro atoms. The van der Waals surface area contributed by atoms with Gasteiger partial charge < -0.3 is 0 Å². The van der Waals surface area contributed by atoms with Gasteiger partial charge in [-0.05, 0) is 31.0 Å². The largest absolute Gasteiger partial charge is 0.271 e. The molecule has 2 aromatic rings. The first-order valence-electron chi connectivity index (χ1n) is 6.24. The summed E-state index contributed by atoms with van der Waals surface area (Å²) in [6.45, 7) is 4.93. The predicted octanol–water partition coefficient (Wildman–Crippen LogP) is 2.12. The van der Waals surface area contributed by atoms with Crippen LogP contribution < -0.4 is 11.3 Å². The summed E-state index contributed by atoms with van der Waals surface area (Å²) in [6.07, 6.45) is 2.30. The van der Waals surface area contributed by atoms with Crippen molar-refractivity contribution in [1.82, 2.24) is 20.2 Å². The summed E-state index contributed by atoms with van der Waals surface area (Å²) >= 11 is 3.51. The molecule has 102 valence electrons. The topological polar surface area (TPSA) is 68.8 Å². The molecule has 6 heteroatoms. The van der Waals surface area contributed by atoms with Crippen LogP contribution in [0.3, 0.4) is 0 Å². The molecule has 0 amide bonds. The Labute approximate surface area is 121 Å². The van der Waals surface area contributed by atoms with Crippen LogP contribution in [-0.4, -0.2) is 14.8 Å². The number of halogens is 1. The Kier molecular flexibility index (Phi) is 4.68. The Morgan fingerprint density at radius 2 is 2.26 bits per heavy atom. The number of aromatic nitrogens is 3. The van der Waals surface area contributed by atoms with E-state index in [0.717, 1.165) is 22.4 Å². The fourth-order valence-electron chi connectivity index (χ4n) is 2.05. The molecule has 1 heterocycles. The summed E-state index contributed by atoms with van der Waals surface area (Å²) < 4.78 is 2.99. The zero-order chi connectivity index (χ0) is 13.8. The molecule has 0 saturated heterocycles. The number of hydrogen-bond donors (Lipinski definition) is 2. The summed E-state index contributed by atoms with van der Waals surface area (Å²) in [6, 6.07) is 6.26. The number of benzene rings is 1. The lowest BCUT2D eigenvalue weighted by molar-refractivity contribution is 0.510. The fraction of sp³-hybridized carbons (Fsp3) is 0.385. The summed E-state index contributed by atoms with van der Waals surface area (Å²) in [7, 11) is 0. The maximum atomic E-state index is 5.68. The van der Waals surface area contributed by atoms with Crippen molar-refractivity contribution in [1.29, 1.82) is 0 Å². The van der Waals surface area contributed by atoms with E-state index < -0.39 is 0 Å². The van der Waals surface area contributed by atoms with Gasteiger partial charge in [-0.3, -0.25) is 16.0 Å². The van der Waals surface area contributed by atoms with Crippen molar-refractivity contribution in [2.45, 2.75) is 32.9 Å². The van der Waals surface area contributed by atoms with Gasteiger partial charge in [-0.15, -0.1) is 0 Å². The van der Waals surface area contributed by atoms with Gasteiger partial charge in [0.15, 0.2) is 0 Å². The molecule has 0 aliphatic rings. The van der Waals surface area contributed by atoms with Gasteiger partial charge in [0.2, 0.25) is 0 Å². The Morgan fingerprint density at radius 1 is 1.47 bits per heavy atom. The third kappa shape index (κ3) is 3.20. The maximum Gasteiger partial charge on any atom is 0.138 e. The van der Waals surface area contributed by atoms with Gasteiger partial charge in [0.25, 0.3) is 0 Å². The van der Waals surface area contributed by atoms with E-state index >= 15 is 0 Å². The first kappa shape index (κ1) is 14.2. The maximum absolute atomic E-state index is 5.68. The second-order valence-corrected chi connectivity index (χ2v) is 5.28. The third-order valence-electron chi connectivity index (χ3n) is 3.17. The Balaban J connectivity index is 2.22. The van der Waals surface area contributed by atoms with E-state index in [4.69, 9.17) is 5.84 Å². The predicted molar refractivity (Wildman–Crippen MR) is 78.3 cm³/mol. The first-order chi connectivity index (χ1) is 9.15. The van der Waals surface area contributed by atoms with Gasteiger partial charge in [0.05, 0.1) is 6.04 Å². The number of nitrogens with two attached hydrogens (primary N) is 1. The molecular formula is C13H18BrN5. The van der Waals surface area contributed by atoms with Crippen LogP contribution in [0, 0.1) is 6.92 Å². The molecule has 1 unspecified atom stereocenters. The molecule has 0 fully saturated rings. The SMILES string of the molecule is CCn1ncnc1CC(NN)c1ccc(Br)c(C)c1. The minimum atomic E-state index is 0.0290. The van der Waals surface area contributed by atoms with Crippen molar-refractivity contribution in [3.05, 3.63) is 46.0 Å².